The van der Waals surface area contributed by atoms with E-state index in [1.807, 2.05) is 17.9 Å². The molecule has 4 rings (SSSR count). The summed E-state index contributed by atoms with van der Waals surface area (Å²) < 4.78 is 28.5. The predicted octanol–water partition coefficient (Wildman–Crippen LogP) is 2.75. The summed E-state index contributed by atoms with van der Waals surface area (Å²) in [5, 5.41) is 6.28. The normalized spacial score (nSPS) is 18.2. The number of carbonyl (C=O) groups is 1. The third-order valence-corrected chi connectivity index (χ3v) is 7.91. The number of thiazole rings is 1. The lowest BCUT2D eigenvalue weighted by Crippen LogP contribution is -2.43. The highest BCUT2D eigenvalue weighted by Gasteiger charge is 2.34. The number of aryl methyl sites for hydroxylation is 2. The summed E-state index contributed by atoms with van der Waals surface area (Å²) in [5.74, 6) is 0.583. The van der Waals surface area contributed by atoms with Gasteiger partial charge < -0.3 is 10.2 Å². The largest absolute Gasteiger partial charge is 0.356 e. The molecule has 1 fully saturated rings. The van der Waals surface area contributed by atoms with E-state index in [-0.39, 0.29) is 16.7 Å². The molecule has 2 aliphatic heterocycles. The van der Waals surface area contributed by atoms with Gasteiger partial charge in [0, 0.05) is 42.2 Å². The van der Waals surface area contributed by atoms with Crippen LogP contribution in [-0.4, -0.2) is 49.7 Å². The number of hydrogen-bond acceptors (Lipinski definition) is 6. The Kier molecular flexibility index (Phi) is 6.19. The van der Waals surface area contributed by atoms with Crippen LogP contribution in [0.4, 0.5) is 0 Å². The first-order valence-electron chi connectivity index (χ1n) is 10.3. The summed E-state index contributed by atoms with van der Waals surface area (Å²) in [6.45, 7) is 3.94. The van der Waals surface area contributed by atoms with Gasteiger partial charge in [0.2, 0.25) is 5.91 Å². The molecule has 1 aromatic heterocycles. The van der Waals surface area contributed by atoms with Crippen LogP contribution in [0.3, 0.4) is 0 Å². The summed E-state index contributed by atoms with van der Waals surface area (Å²) in [4.78, 5) is 19.2. The number of carbonyl (C=O) groups excluding carboxylic acids is 1. The number of nitrogens with zero attached hydrogens (tertiary/aromatic N) is 3. The lowest BCUT2D eigenvalue weighted by molar-refractivity contribution is -0.126. The fourth-order valence-corrected chi connectivity index (χ4v) is 5.99. The van der Waals surface area contributed by atoms with E-state index in [4.69, 9.17) is 0 Å². The maximum Gasteiger partial charge on any atom is 0.285 e. The minimum absolute atomic E-state index is 0.0308. The molecule has 1 saturated heterocycles. The number of fused-ring (bicyclic) bond motifs is 1. The van der Waals surface area contributed by atoms with Crippen LogP contribution in [0.5, 0.6) is 0 Å². The highest BCUT2D eigenvalue weighted by molar-refractivity contribution is 7.90. The zero-order valence-corrected chi connectivity index (χ0v) is 18.6. The minimum Gasteiger partial charge on any atom is -0.356 e. The molecule has 9 heteroatoms. The molecule has 0 radical (unpaired) electrons. The molecule has 2 aliphatic rings. The van der Waals surface area contributed by atoms with Crippen molar-refractivity contribution in [3.05, 3.63) is 45.9 Å². The summed E-state index contributed by atoms with van der Waals surface area (Å²) in [6, 6.07) is 6.93. The molecule has 0 aliphatic carbocycles. The number of unbranched alkanes of at least 4 members (excludes halogenated alkanes) is 1. The van der Waals surface area contributed by atoms with Gasteiger partial charge in [-0.3, -0.25) is 4.79 Å². The Hall–Kier alpha value is -2.26. The van der Waals surface area contributed by atoms with Gasteiger partial charge in [-0.05, 0) is 51.2 Å². The molecule has 0 spiro atoms. The number of likely N-dealkylation sites (tertiary alicyclic amines) is 1. The third-order valence-electron chi connectivity index (χ3n) is 5.56. The van der Waals surface area contributed by atoms with Crippen molar-refractivity contribution < 1.29 is 13.2 Å². The first-order chi connectivity index (χ1) is 14.4. The van der Waals surface area contributed by atoms with Gasteiger partial charge in [-0.1, -0.05) is 12.1 Å². The van der Waals surface area contributed by atoms with Gasteiger partial charge in [0.1, 0.15) is 4.90 Å². The first kappa shape index (κ1) is 21.0. The molecule has 30 heavy (non-hydrogen) atoms. The topological polar surface area (TPSA) is 91.7 Å². The maximum absolute atomic E-state index is 12.5. The number of benzene rings is 1. The minimum atomic E-state index is -3.61. The number of nitrogens with one attached hydrogen (secondary N) is 1. The lowest BCUT2D eigenvalue weighted by atomic mass is 9.95. The van der Waals surface area contributed by atoms with Crippen molar-refractivity contribution in [3.8, 4) is 0 Å². The summed E-state index contributed by atoms with van der Waals surface area (Å²) >= 11 is 1.69. The average Bonchev–Trinajstić information content (AvgIpc) is 3.28. The van der Waals surface area contributed by atoms with Crippen LogP contribution in [0, 0.1) is 12.8 Å². The van der Waals surface area contributed by atoms with Gasteiger partial charge >= 0.3 is 0 Å². The van der Waals surface area contributed by atoms with Gasteiger partial charge in [0.25, 0.3) is 10.0 Å². The molecule has 160 valence electrons. The van der Waals surface area contributed by atoms with Crippen molar-refractivity contribution in [2.45, 2.75) is 43.9 Å². The van der Waals surface area contributed by atoms with Gasteiger partial charge in [-0.2, -0.15) is 8.42 Å². The van der Waals surface area contributed by atoms with E-state index >= 15 is 0 Å². The zero-order valence-electron chi connectivity index (χ0n) is 17.0. The Morgan fingerprint density at radius 1 is 1.23 bits per heavy atom. The van der Waals surface area contributed by atoms with Crippen LogP contribution in [0.15, 0.2) is 38.9 Å². The fourth-order valence-electron chi connectivity index (χ4n) is 3.94. The standard InChI is InChI=1S/C21H26N4O3S2/c1-15-14-29-19(23-15)8-4-5-11-22-21(26)16-9-12-25(13-10-16)20-17-6-2-3-7-18(17)30(27,28)24-20/h2-3,6-7,14,16H,4-5,8-13H2,1H3,(H,22,26). The Bertz CT molecular complexity index is 1050. The fraction of sp³-hybridized carbons (Fsp3) is 0.476. The number of amidine groups is 1. The van der Waals surface area contributed by atoms with Gasteiger partial charge in [0.05, 0.1) is 5.01 Å². The molecule has 0 atom stereocenters. The quantitative estimate of drug-likeness (QED) is 0.689. The number of rotatable bonds is 6. The van der Waals surface area contributed by atoms with E-state index in [0.717, 1.165) is 30.0 Å². The third kappa shape index (κ3) is 4.57. The van der Waals surface area contributed by atoms with E-state index in [1.165, 1.54) is 0 Å². The molecule has 1 amide bonds. The van der Waals surface area contributed by atoms with Crippen molar-refractivity contribution >= 4 is 33.1 Å². The second kappa shape index (κ2) is 8.85. The van der Waals surface area contributed by atoms with E-state index < -0.39 is 10.0 Å². The Labute approximate surface area is 181 Å². The molecule has 2 aromatic rings. The Morgan fingerprint density at radius 2 is 2.00 bits per heavy atom. The average molecular weight is 447 g/mol. The van der Waals surface area contributed by atoms with E-state index in [1.54, 1.807) is 29.5 Å². The van der Waals surface area contributed by atoms with Gasteiger partial charge in [-0.25, -0.2) is 4.98 Å². The maximum atomic E-state index is 12.5. The number of sulfonamides is 1. The SMILES string of the molecule is Cc1csc(CCCCNC(=O)C2CCN(C3=NS(=O)(=O)c4ccccc43)CC2)n1. The molecule has 1 N–H and O–H groups in total. The predicted molar refractivity (Wildman–Crippen MR) is 117 cm³/mol. The van der Waals surface area contributed by atoms with Crippen LogP contribution in [-0.2, 0) is 21.2 Å². The second-order valence-corrected chi connectivity index (χ2v) is 10.3. The molecule has 0 unspecified atom stereocenters. The Morgan fingerprint density at radius 3 is 2.73 bits per heavy atom. The second-order valence-electron chi connectivity index (χ2n) is 7.78. The van der Waals surface area contributed by atoms with Crippen LogP contribution < -0.4 is 5.32 Å². The molecular formula is C21H26N4O3S2. The summed E-state index contributed by atoms with van der Waals surface area (Å²) in [5.41, 5.74) is 1.73. The molecule has 3 heterocycles. The van der Waals surface area contributed by atoms with Crippen LogP contribution in [0.25, 0.3) is 0 Å². The van der Waals surface area contributed by atoms with Crippen molar-refractivity contribution in [1.82, 2.24) is 15.2 Å². The van der Waals surface area contributed by atoms with Crippen molar-refractivity contribution in [3.63, 3.8) is 0 Å². The molecule has 1 aromatic carbocycles. The highest BCUT2D eigenvalue weighted by atomic mass is 32.2. The number of piperidine rings is 1. The molecular weight excluding hydrogens is 420 g/mol. The monoisotopic (exact) mass is 446 g/mol. The van der Waals surface area contributed by atoms with Gasteiger partial charge in [0.15, 0.2) is 5.84 Å². The number of amides is 1. The van der Waals surface area contributed by atoms with Gasteiger partial charge in [-0.15, -0.1) is 15.7 Å². The number of aromatic nitrogens is 1. The van der Waals surface area contributed by atoms with Crippen molar-refractivity contribution in [1.29, 1.82) is 0 Å². The highest BCUT2D eigenvalue weighted by Crippen LogP contribution is 2.29. The van der Waals surface area contributed by atoms with Crippen LogP contribution in [0.1, 0.15) is 41.9 Å². The smallest absolute Gasteiger partial charge is 0.285 e. The number of hydrogen-bond donors (Lipinski definition) is 1. The molecule has 0 bridgehead atoms. The van der Waals surface area contributed by atoms with Crippen LogP contribution >= 0.6 is 11.3 Å². The molecule has 0 saturated carbocycles. The van der Waals surface area contributed by atoms with E-state index in [2.05, 4.69) is 20.1 Å². The Balaban J connectivity index is 1.22. The van der Waals surface area contributed by atoms with E-state index in [0.29, 0.717) is 43.9 Å². The van der Waals surface area contributed by atoms with Crippen molar-refractivity contribution in [2.24, 2.45) is 10.3 Å². The van der Waals surface area contributed by atoms with Crippen molar-refractivity contribution in [2.75, 3.05) is 19.6 Å². The van der Waals surface area contributed by atoms with Crippen LogP contribution in [0.2, 0.25) is 0 Å². The zero-order chi connectivity index (χ0) is 21.1. The summed E-state index contributed by atoms with van der Waals surface area (Å²) in [7, 11) is -3.61. The van der Waals surface area contributed by atoms with E-state index in [9.17, 15) is 13.2 Å². The lowest BCUT2D eigenvalue weighted by Gasteiger charge is -2.32. The first-order valence-corrected chi connectivity index (χ1v) is 12.6. The molecule has 7 nitrogen and oxygen atoms in total. The summed E-state index contributed by atoms with van der Waals surface area (Å²) in [6.07, 6.45) is 4.31.